The summed E-state index contributed by atoms with van der Waals surface area (Å²) in [6.07, 6.45) is 16.6. The Bertz CT molecular complexity index is 2530. The maximum absolute atomic E-state index is 6.06. The van der Waals surface area contributed by atoms with Crippen molar-refractivity contribution in [3.63, 3.8) is 0 Å². The van der Waals surface area contributed by atoms with Crippen molar-refractivity contribution >= 4 is 34.1 Å². The first-order valence-electron chi connectivity index (χ1n) is 26.0. The molecule has 1 aliphatic carbocycles. The molecular formula is C62H76N2O4. The number of unbranched alkanes of at least 4 members (excludes halogenated alkanes) is 10. The standard InChI is InChI=1S/C62H76N2O4/c1-7-10-12-14-16-18-36-62(37-19-17-15-13-11-8-2)58-44-54(63(50-28-20-24-46(4)40-50)52-30-22-26-48(42-52)60(65-6)66-9-3)32-34-56(58)57-35-33-55(45-59(57)62)64(51-29-21-25-47(5)41-51)53-31-23-27-49(43-53)61-67-38-39-68-61/h20-35,40-45,60-61H,7-19,36-39H2,1-6H3. The minimum atomic E-state index is -0.448. The second-order valence-electron chi connectivity index (χ2n) is 19.2. The van der Waals surface area contributed by atoms with Crippen molar-refractivity contribution in [2.24, 2.45) is 0 Å². The van der Waals surface area contributed by atoms with Gasteiger partial charge in [-0.15, -0.1) is 0 Å². The third kappa shape index (κ3) is 11.3. The third-order valence-corrected chi connectivity index (χ3v) is 14.2. The lowest BCUT2D eigenvalue weighted by atomic mass is 9.70. The van der Waals surface area contributed by atoms with Crippen LogP contribution in [-0.4, -0.2) is 26.9 Å². The molecule has 8 rings (SSSR count). The molecule has 1 aliphatic heterocycles. The van der Waals surface area contributed by atoms with Gasteiger partial charge >= 0.3 is 0 Å². The Kier molecular flexibility index (Phi) is 17.3. The Morgan fingerprint density at radius 2 is 0.971 bits per heavy atom. The Labute approximate surface area is 408 Å². The molecule has 0 spiro atoms. The number of benzene rings is 6. The zero-order valence-corrected chi connectivity index (χ0v) is 41.9. The molecule has 0 radical (unpaired) electrons. The van der Waals surface area contributed by atoms with Gasteiger partial charge in [0.05, 0.1) is 13.2 Å². The molecular weight excluding hydrogens is 837 g/mol. The summed E-state index contributed by atoms with van der Waals surface area (Å²) in [5.74, 6) is 0. The minimum Gasteiger partial charge on any atom is -0.352 e. The number of aryl methyl sites for hydroxylation is 2. The highest BCUT2D eigenvalue weighted by Gasteiger charge is 2.43. The lowest BCUT2D eigenvalue weighted by molar-refractivity contribution is -0.123. The predicted molar refractivity (Wildman–Crippen MR) is 284 cm³/mol. The van der Waals surface area contributed by atoms with Crippen molar-refractivity contribution in [3.8, 4) is 11.1 Å². The first-order valence-corrected chi connectivity index (χ1v) is 26.0. The Morgan fingerprint density at radius 1 is 0.515 bits per heavy atom. The fourth-order valence-corrected chi connectivity index (χ4v) is 10.9. The number of hydrogen-bond acceptors (Lipinski definition) is 6. The van der Waals surface area contributed by atoms with Crippen LogP contribution in [-0.2, 0) is 24.4 Å². The molecule has 0 N–H and O–H groups in total. The van der Waals surface area contributed by atoms with Crippen LogP contribution >= 0.6 is 0 Å². The molecule has 68 heavy (non-hydrogen) atoms. The van der Waals surface area contributed by atoms with Crippen LogP contribution in [0.4, 0.5) is 34.1 Å². The van der Waals surface area contributed by atoms with Gasteiger partial charge in [-0.2, -0.15) is 0 Å². The van der Waals surface area contributed by atoms with E-state index in [0.717, 1.165) is 52.4 Å². The Balaban J connectivity index is 1.30. The number of rotatable bonds is 25. The van der Waals surface area contributed by atoms with Crippen molar-refractivity contribution in [2.45, 2.75) is 143 Å². The van der Waals surface area contributed by atoms with Crippen LogP contribution in [0.25, 0.3) is 11.1 Å². The maximum Gasteiger partial charge on any atom is 0.184 e. The largest absolute Gasteiger partial charge is 0.352 e. The zero-order valence-electron chi connectivity index (χ0n) is 41.9. The van der Waals surface area contributed by atoms with Crippen LogP contribution in [0.2, 0.25) is 0 Å². The van der Waals surface area contributed by atoms with Crippen molar-refractivity contribution in [3.05, 3.63) is 167 Å². The maximum atomic E-state index is 6.06. The molecule has 0 bridgehead atoms. The molecule has 0 aromatic heterocycles. The molecule has 1 unspecified atom stereocenters. The fraction of sp³-hybridized carbons (Fsp3) is 0.419. The SMILES string of the molecule is CCCCCCCCC1(CCCCCCCC)c2cc(N(c3cccc(C)c3)c3cccc(C(OC)OCC)c3)ccc2-c2ccc(N(c3cccc(C)c3)c3cccc(C4OCCO4)c3)cc21. The van der Waals surface area contributed by atoms with Gasteiger partial charge in [0.2, 0.25) is 0 Å². The summed E-state index contributed by atoms with van der Waals surface area (Å²) in [5.41, 5.74) is 16.7. The highest BCUT2D eigenvalue weighted by atomic mass is 16.7. The summed E-state index contributed by atoms with van der Waals surface area (Å²) in [4.78, 5) is 4.89. The molecule has 6 heteroatoms. The highest BCUT2D eigenvalue weighted by Crippen LogP contribution is 2.57. The van der Waals surface area contributed by atoms with Gasteiger partial charge in [0.15, 0.2) is 12.6 Å². The minimum absolute atomic E-state index is 0.173. The predicted octanol–water partition coefficient (Wildman–Crippen LogP) is 17.7. The molecule has 358 valence electrons. The van der Waals surface area contributed by atoms with Crippen LogP contribution in [0.1, 0.15) is 157 Å². The van der Waals surface area contributed by atoms with Crippen LogP contribution in [0, 0.1) is 13.8 Å². The molecule has 0 saturated carbocycles. The Morgan fingerprint density at radius 3 is 1.47 bits per heavy atom. The van der Waals surface area contributed by atoms with Gasteiger partial charge in [0, 0.05) is 64.4 Å². The van der Waals surface area contributed by atoms with Crippen molar-refractivity contribution < 1.29 is 18.9 Å². The molecule has 0 amide bonds. The molecule has 2 aliphatic rings. The second-order valence-corrected chi connectivity index (χ2v) is 19.2. The number of methoxy groups -OCH3 is 1. The van der Waals surface area contributed by atoms with Crippen molar-refractivity contribution in [2.75, 3.05) is 36.7 Å². The van der Waals surface area contributed by atoms with Crippen molar-refractivity contribution in [1.29, 1.82) is 0 Å². The summed E-state index contributed by atoms with van der Waals surface area (Å²) in [6, 6.07) is 50.0. The van der Waals surface area contributed by atoms with Crippen LogP contribution in [0.15, 0.2) is 133 Å². The number of ether oxygens (including phenoxy) is 4. The first-order chi connectivity index (χ1) is 33.4. The van der Waals surface area contributed by atoms with E-state index in [0.29, 0.717) is 19.8 Å². The molecule has 6 aromatic rings. The quantitative estimate of drug-likeness (QED) is 0.0421. The van der Waals surface area contributed by atoms with E-state index in [1.807, 2.05) is 6.92 Å². The number of anilines is 6. The zero-order chi connectivity index (χ0) is 47.3. The van der Waals surface area contributed by atoms with Gasteiger partial charge in [-0.05, 0) is 140 Å². The Hall–Kier alpha value is -5.24. The van der Waals surface area contributed by atoms with E-state index in [-0.39, 0.29) is 11.7 Å². The van der Waals surface area contributed by atoms with Crippen molar-refractivity contribution in [1.82, 2.24) is 0 Å². The smallest absolute Gasteiger partial charge is 0.184 e. The second kappa shape index (κ2) is 23.9. The molecule has 1 heterocycles. The summed E-state index contributed by atoms with van der Waals surface area (Å²) in [7, 11) is 1.72. The van der Waals surface area contributed by atoms with Gasteiger partial charge in [0.1, 0.15) is 0 Å². The summed E-state index contributed by atoms with van der Waals surface area (Å²) < 4.78 is 24.0. The normalized spacial score (nSPS) is 14.5. The van der Waals surface area contributed by atoms with Crippen LogP contribution < -0.4 is 9.80 Å². The summed E-state index contributed by atoms with van der Waals surface area (Å²) in [5, 5.41) is 0. The lowest BCUT2D eigenvalue weighted by Gasteiger charge is -2.35. The van der Waals surface area contributed by atoms with E-state index in [2.05, 4.69) is 171 Å². The van der Waals surface area contributed by atoms with Gasteiger partial charge < -0.3 is 28.7 Å². The van der Waals surface area contributed by atoms with Crippen LogP contribution in [0.3, 0.4) is 0 Å². The average Bonchev–Trinajstić information content (AvgIpc) is 3.99. The summed E-state index contributed by atoms with van der Waals surface area (Å²) in [6.45, 7) is 12.8. The third-order valence-electron chi connectivity index (χ3n) is 14.2. The molecule has 6 nitrogen and oxygen atoms in total. The average molecular weight is 913 g/mol. The number of fused-ring (bicyclic) bond motifs is 3. The van der Waals surface area contributed by atoms with Gasteiger partial charge in [-0.3, -0.25) is 0 Å². The van der Waals surface area contributed by atoms with Gasteiger partial charge in [0.25, 0.3) is 0 Å². The van der Waals surface area contributed by atoms with E-state index in [9.17, 15) is 0 Å². The highest BCUT2D eigenvalue weighted by molar-refractivity contribution is 5.89. The van der Waals surface area contributed by atoms with E-state index in [4.69, 9.17) is 18.9 Å². The van der Waals surface area contributed by atoms with Crippen LogP contribution in [0.5, 0.6) is 0 Å². The summed E-state index contributed by atoms with van der Waals surface area (Å²) >= 11 is 0. The fourth-order valence-electron chi connectivity index (χ4n) is 10.9. The monoisotopic (exact) mass is 913 g/mol. The topological polar surface area (TPSA) is 43.4 Å². The van der Waals surface area contributed by atoms with E-state index in [1.54, 1.807) is 7.11 Å². The molecule has 1 atom stereocenters. The molecule has 1 saturated heterocycles. The van der Waals surface area contributed by atoms with E-state index >= 15 is 0 Å². The van der Waals surface area contributed by atoms with Gasteiger partial charge in [-0.1, -0.05) is 152 Å². The molecule has 6 aromatic carbocycles. The van der Waals surface area contributed by atoms with E-state index in [1.165, 1.54) is 116 Å². The molecule has 1 fully saturated rings. The first kappa shape index (κ1) is 49.2. The van der Waals surface area contributed by atoms with E-state index < -0.39 is 6.29 Å². The van der Waals surface area contributed by atoms with Gasteiger partial charge in [-0.25, -0.2) is 0 Å². The lowest BCUT2D eigenvalue weighted by Crippen LogP contribution is -2.26. The number of hydrogen-bond donors (Lipinski definition) is 0. The number of nitrogens with zero attached hydrogens (tertiary/aromatic N) is 2.